The summed E-state index contributed by atoms with van der Waals surface area (Å²) in [5, 5.41) is 0. The van der Waals surface area contributed by atoms with Gasteiger partial charge >= 0.3 is 0 Å². The van der Waals surface area contributed by atoms with Crippen molar-refractivity contribution in [1.29, 1.82) is 0 Å². The van der Waals surface area contributed by atoms with Crippen LogP contribution in [0.4, 0.5) is 4.39 Å². The fraction of sp³-hybridized carbons (Fsp3) is 0.357. The zero-order valence-electron chi connectivity index (χ0n) is 11.0. The second-order valence-electron chi connectivity index (χ2n) is 4.89. The Kier molecular flexibility index (Phi) is 4.37. The van der Waals surface area contributed by atoms with Gasteiger partial charge in [-0.15, -0.1) is 0 Å². The van der Waals surface area contributed by atoms with Crippen molar-refractivity contribution >= 4 is 15.9 Å². The van der Waals surface area contributed by atoms with Crippen molar-refractivity contribution in [1.82, 2.24) is 9.97 Å². The predicted octanol–water partition coefficient (Wildman–Crippen LogP) is 3.68. The van der Waals surface area contributed by atoms with Crippen LogP contribution in [-0.2, 0) is 0 Å². The Balaban J connectivity index is 2.38. The van der Waals surface area contributed by atoms with Gasteiger partial charge in [0, 0.05) is 22.5 Å². The van der Waals surface area contributed by atoms with E-state index in [1.807, 2.05) is 0 Å². The van der Waals surface area contributed by atoms with E-state index >= 15 is 0 Å². The van der Waals surface area contributed by atoms with Gasteiger partial charge in [0.15, 0.2) is 0 Å². The summed E-state index contributed by atoms with van der Waals surface area (Å²) in [5.41, 5.74) is 6.95. The van der Waals surface area contributed by atoms with E-state index in [4.69, 9.17) is 5.73 Å². The maximum atomic E-state index is 13.8. The van der Waals surface area contributed by atoms with E-state index in [9.17, 15) is 4.39 Å². The predicted molar refractivity (Wildman–Crippen MR) is 78.3 cm³/mol. The molecule has 0 bridgehead atoms. The summed E-state index contributed by atoms with van der Waals surface area (Å²) in [6.07, 6.45) is 1.66. The smallest absolute Gasteiger partial charge is 0.132 e. The number of halogens is 2. The van der Waals surface area contributed by atoms with Gasteiger partial charge in [-0.3, -0.25) is 0 Å². The molecule has 0 aliphatic carbocycles. The van der Waals surface area contributed by atoms with Crippen molar-refractivity contribution in [3.8, 4) is 11.3 Å². The Morgan fingerprint density at radius 1 is 1.42 bits per heavy atom. The summed E-state index contributed by atoms with van der Waals surface area (Å²) in [7, 11) is 0. The van der Waals surface area contributed by atoms with E-state index in [0.29, 0.717) is 23.7 Å². The quantitative estimate of drug-likeness (QED) is 0.900. The fourth-order valence-electron chi connectivity index (χ4n) is 2.07. The molecule has 0 fully saturated rings. The molecule has 3 N–H and O–H groups in total. The lowest BCUT2D eigenvalue weighted by Gasteiger charge is -2.15. The van der Waals surface area contributed by atoms with Crippen molar-refractivity contribution in [3.63, 3.8) is 0 Å². The number of nitrogens with zero attached hydrogens (tertiary/aromatic N) is 1. The minimum Gasteiger partial charge on any atom is -0.342 e. The lowest BCUT2D eigenvalue weighted by molar-refractivity contribution is 0.487. The summed E-state index contributed by atoms with van der Waals surface area (Å²) in [5.74, 6) is 1.08. The number of hydrogen-bond donors (Lipinski definition) is 2. The Hall–Kier alpha value is -1.20. The lowest BCUT2D eigenvalue weighted by Crippen LogP contribution is -2.19. The molecular formula is C14H17BrFN3. The minimum atomic E-state index is -0.271. The van der Waals surface area contributed by atoms with Crippen LogP contribution >= 0.6 is 15.9 Å². The van der Waals surface area contributed by atoms with Crippen molar-refractivity contribution in [2.75, 3.05) is 6.54 Å². The molecule has 3 nitrogen and oxygen atoms in total. The largest absolute Gasteiger partial charge is 0.342 e. The van der Waals surface area contributed by atoms with Crippen molar-refractivity contribution in [2.24, 2.45) is 11.7 Å². The first-order valence-corrected chi connectivity index (χ1v) is 7.02. The zero-order valence-corrected chi connectivity index (χ0v) is 12.5. The van der Waals surface area contributed by atoms with E-state index in [-0.39, 0.29) is 11.7 Å². The van der Waals surface area contributed by atoms with Gasteiger partial charge in [0.1, 0.15) is 11.6 Å². The molecule has 0 aliphatic heterocycles. The number of H-pyrrole nitrogens is 1. The molecule has 0 saturated heterocycles. The normalized spacial score (nSPS) is 12.9. The maximum absolute atomic E-state index is 13.8. The van der Waals surface area contributed by atoms with Crippen LogP contribution in [0.2, 0.25) is 0 Å². The molecule has 0 saturated carbocycles. The van der Waals surface area contributed by atoms with E-state index in [1.54, 1.807) is 18.3 Å². The van der Waals surface area contributed by atoms with Crippen LogP contribution in [-0.4, -0.2) is 16.5 Å². The number of rotatable bonds is 4. The lowest BCUT2D eigenvalue weighted by atomic mass is 9.95. The fourth-order valence-corrected chi connectivity index (χ4v) is 2.43. The summed E-state index contributed by atoms with van der Waals surface area (Å²) in [6.45, 7) is 4.71. The van der Waals surface area contributed by atoms with Gasteiger partial charge < -0.3 is 10.7 Å². The highest BCUT2D eigenvalue weighted by Crippen LogP contribution is 2.27. The Morgan fingerprint density at radius 3 is 2.79 bits per heavy atom. The molecule has 0 radical (unpaired) electrons. The van der Waals surface area contributed by atoms with E-state index in [1.165, 1.54) is 6.07 Å². The maximum Gasteiger partial charge on any atom is 0.132 e. The highest BCUT2D eigenvalue weighted by Gasteiger charge is 2.18. The van der Waals surface area contributed by atoms with Crippen LogP contribution in [0.25, 0.3) is 11.3 Å². The first-order chi connectivity index (χ1) is 9.02. The van der Waals surface area contributed by atoms with Crippen LogP contribution in [0.1, 0.15) is 25.6 Å². The molecule has 2 aromatic rings. The monoisotopic (exact) mass is 325 g/mol. The summed E-state index contributed by atoms with van der Waals surface area (Å²) in [4.78, 5) is 7.52. The van der Waals surface area contributed by atoms with Gasteiger partial charge in [-0.05, 0) is 24.1 Å². The van der Waals surface area contributed by atoms with Crippen molar-refractivity contribution < 1.29 is 4.39 Å². The van der Waals surface area contributed by atoms with E-state index in [2.05, 4.69) is 39.7 Å². The topological polar surface area (TPSA) is 54.7 Å². The van der Waals surface area contributed by atoms with E-state index in [0.717, 1.165) is 10.3 Å². The third kappa shape index (κ3) is 3.04. The molecule has 1 heterocycles. The SMILES string of the molecule is CC(C)C(CN)c1ncc(-c2cc(Br)ccc2F)[nH]1. The van der Waals surface area contributed by atoms with Gasteiger partial charge in [-0.2, -0.15) is 0 Å². The van der Waals surface area contributed by atoms with Crippen LogP contribution in [0, 0.1) is 11.7 Å². The molecule has 0 spiro atoms. The number of hydrogen-bond acceptors (Lipinski definition) is 2. The second kappa shape index (κ2) is 5.84. The Bertz CT molecular complexity index is 566. The highest BCUT2D eigenvalue weighted by atomic mass is 79.9. The molecule has 0 amide bonds. The average molecular weight is 326 g/mol. The number of benzene rings is 1. The molecule has 1 aromatic carbocycles. The number of aromatic nitrogens is 2. The first-order valence-electron chi connectivity index (χ1n) is 6.23. The van der Waals surface area contributed by atoms with Crippen LogP contribution in [0.5, 0.6) is 0 Å². The zero-order chi connectivity index (χ0) is 14.0. The van der Waals surface area contributed by atoms with Crippen LogP contribution in [0.3, 0.4) is 0 Å². The van der Waals surface area contributed by atoms with Gasteiger partial charge in [-0.1, -0.05) is 29.8 Å². The molecule has 2 rings (SSSR count). The minimum absolute atomic E-state index is 0.156. The molecular weight excluding hydrogens is 309 g/mol. The molecule has 1 atom stereocenters. The van der Waals surface area contributed by atoms with Gasteiger partial charge in [-0.25, -0.2) is 9.37 Å². The first kappa shape index (κ1) is 14.2. The Morgan fingerprint density at radius 2 is 2.16 bits per heavy atom. The van der Waals surface area contributed by atoms with E-state index < -0.39 is 0 Å². The Labute approximate surface area is 120 Å². The molecule has 102 valence electrons. The summed E-state index contributed by atoms with van der Waals surface area (Å²) in [6, 6.07) is 4.84. The third-order valence-corrected chi connectivity index (χ3v) is 3.72. The standard InChI is InChI=1S/C14H17BrFN3/c1-8(2)11(6-17)14-18-7-13(19-14)10-5-9(15)3-4-12(10)16/h3-5,7-8,11H,6,17H2,1-2H3,(H,18,19). The molecule has 0 aliphatic rings. The molecule has 19 heavy (non-hydrogen) atoms. The highest BCUT2D eigenvalue weighted by molar-refractivity contribution is 9.10. The van der Waals surface area contributed by atoms with Gasteiger partial charge in [0.25, 0.3) is 0 Å². The second-order valence-corrected chi connectivity index (χ2v) is 5.81. The third-order valence-electron chi connectivity index (χ3n) is 3.22. The summed E-state index contributed by atoms with van der Waals surface area (Å²) < 4.78 is 14.6. The van der Waals surface area contributed by atoms with Crippen molar-refractivity contribution in [2.45, 2.75) is 19.8 Å². The number of nitrogens with two attached hydrogens (primary N) is 1. The molecule has 1 unspecified atom stereocenters. The number of nitrogens with one attached hydrogen (secondary N) is 1. The van der Waals surface area contributed by atoms with Crippen LogP contribution in [0.15, 0.2) is 28.9 Å². The molecule has 5 heteroatoms. The van der Waals surface area contributed by atoms with Gasteiger partial charge in [0.05, 0.1) is 11.9 Å². The average Bonchev–Trinajstić information content (AvgIpc) is 2.82. The summed E-state index contributed by atoms with van der Waals surface area (Å²) >= 11 is 3.35. The van der Waals surface area contributed by atoms with Crippen LogP contribution < -0.4 is 5.73 Å². The van der Waals surface area contributed by atoms with Crippen molar-refractivity contribution in [3.05, 3.63) is 40.5 Å². The van der Waals surface area contributed by atoms with Gasteiger partial charge in [0.2, 0.25) is 0 Å². The molecule has 1 aromatic heterocycles. The number of aromatic amines is 1. The number of imidazole rings is 1.